The van der Waals surface area contributed by atoms with Crippen LogP contribution in [-0.4, -0.2) is 81.6 Å². The van der Waals surface area contributed by atoms with Gasteiger partial charge in [-0.05, 0) is 69.3 Å². The number of carbonyl (C=O) groups is 1. The molecule has 1 spiro atoms. The average molecular weight is 806 g/mol. The van der Waals surface area contributed by atoms with Crippen LogP contribution in [0.2, 0.25) is 0 Å². The quantitative estimate of drug-likeness (QED) is 0.191. The van der Waals surface area contributed by atoms with E-state index in [1.54, 1.807) is 0 Å². The minimum atomic E-state index is -1.26. The molecule has 10 heteroatoms. The van der Waals surface area contributed by atoms with Crippen molar-refractivity contribution in [2.75, 3.05) is 13.3 Å². The van der Waals surface area contributed by atoms with Crippen molar-refractivity contribution < 1.29 is 43.4 Å². The highest BCUT2D eigenvalue weighted by molar-refractivity contribution is 5.82. The lowest BCUT2D eigenvalue weighted by Crippen LogP contribution is -2.79. The third-order valence-electron chi connectivity index (χ3n) is 17.0. The summed E-state index contributed by atoms with van der Waals surface area (Å²) in [5.41, 5.74) is -0.802. The van der Waals surface area contributed by atoms with Crippen molar-refractivity contribution in [3.8, 4) is 0 Å². The number of aliphatic hydroxyl groups excluding tert-OH is 1. The summed E-state index contributed by atoms with van der Waals surface area (Å²) in [4.78, 5) is 17.6. The Morgan fingerprint density at radius 3 is 2.20 bits per heavy atom. The number of hydrogen-bond acceptors (Lipinski definition) is 9. The van der Waals surface area contributed by atoms with E-state index in [4.69, 9.17) is 28.4 Å². The Balaban J connectivity index is 0.983. The highest BCUT2D eigenvalue weighted by atomic mass is 16.8. The van der Waals surface area contributed by atoms with Crippen molar-refractivity contribution in [3.63, 3.8) is 0 Å². The van der Waals surface area contributed by atoms with Crippen LogP contribution in [0.5, 0.6) is 0 Å². The third kappa shape index (κ3) is 5.56. The maximum absolute atomic E-state index is 15.5. The SMILES string of the molecule is C[C@H]1CC[C@@H]2N(C1)C(=O)[C@@H]1[C@@H]3[C@@H](O[C@H](c4ccccc4)O[C@@]32C)[C@@H]2O[C@H](c3ccccc3)O[C@]23[C@H]1C[C@@]1(O)[C@H]3CC[C@@H]2[C@@H](O)[C@@H](OCOCc3ccccc3)CC[C@@]21C. The number of piperidine rings is 2. The summed E-state index contributed by atoms with van der Waals surface area (Å²) < 4.78 is 41.4. The molecule has 4 aliphatic heterocycles. The van der Waals surface area contributed by atoms with Crippen molar-refractivity contribution in [2.24, 2.45) is 40.9 Å². The molecule has 1 amide bonds. The molecule has 314 valence electrons. The lowest BCUT2D eigenvalue weighted by atomic mass is 9.48. The van der Waals surface area contributed by atoms with Crippen molar-refractivity contribution in [1.29, 1.82) is 0 Å². The van der Waals surface area contributed by atoms with Crippen LogP contribution in [0.15, 0.2) is 91.0 Å². The number of nitrogens with zero attached hydrogens (tertiary/aromatic N) is 1. The molecule has 0 radical (unpaired) electrons. The minimum absolute atomic E-state index is 0.0827. The first-order valence-corrected chi connectivity index (χ1v) is 22.3. The van der Waals surface area contributed by atoms with E-state index in [9.17, 15) is 10.2 Å². The maximum atomic E-state index is 15.5. The Morgan fingerprint density at radius 2 is 1.49 bits per heavy atom. The summed E-state index contributed by atoms with van der Waals surface area (Å²) in [5, 5.41) is 26.0. The fourth-order valence-corrected chi connectivity index (χ4v) is 14.3. The number of amides is 1. The van der Waals surface area contributed by atoms with Crippen molar-refractivity contribution in [3.05, 3.63) is 108 Å². The lowest BCUT2D eigenvalue weighted by Gasteiger charge is -2.66. The third-order valence-corrected chi connectivity index (χ3v) is 17.0. The number of carbonyl (C=O) groups excluding carboxylic acids is 1. The van der Waals surface area contributed by atoms with E-state index >= 15 is 4.79 Å². The second-order valence-electron chi connectivity index (χ2n) is 19.7. The molecule has 4 heterocycles. The monoisotopic (exact) mass is 805 g/mol. The predicted octanol–water partition coefficient (Wildman–Crippen LogP) is 7.10. The van der Waals surface area contributed by atoms with Crippen LogP contribution < -0.4 is 0 Å². The molecular weight excluding hydrogens is 747 g/mol. The Kier molecular flexibility index (Phi) is 9.30. The summed E-state index contributed by atoms with van der Waals surface area (Å²) in [6.45, 7) is 7.83. The van der Waals surface area contributed by atoms with Crippen LogP contribution in [-0.2, 0) is 39.8 Å². The molecule has 4 aliphatic carbocycles. The average Bonchev–Trinajstić information content (AvgIpc) is 3.78. The summed E-state index contributed by atoms with van der Waals surface area (Å²) in [6.07, 6.45) is 1.13. The molecule has 10 nitrogen and oxygen atoms in total. The molecule has 3 aromatic rings. The molecule has 11 rings (SSSR count). The highest BCUT2D eigenvalue weighted by Gasteiger charge is 2.83. The van der Waals surface area contributed by atoms with Gasteiger partial charge in [0.15, 0.2) is 12.6 Å². The molecule has 0 aromatic heterocycles. The van der Waals surface area contributed by atoms with Gasteiger partial charge in [-0.15, -0.1) is 0 Å². The van der Waals surface area contributed by atoms with Crippen LogP contribution >= 0.6 is 0 Å². The van der Waals surface area contributed by atoms with Crippen LogP contribution in [0.1, 0.15) is 95.0 Å². The van der Waals surface area contributed by atoms with Gasteiger partial charge in [0.1, 0.15) is 18.5 Å². The topological polar surface area (TPSA) is 116 Å². The molecule has 4 saturated carbocycles. The predicted molar refractivity (Wildman–Crippen MR) is 216 cm³/mol. The number of benzene rings is 3. The Bertz CT molecular complexity index is 2020. The lowest BCUT2D eigenvalue weighted by molar-refractivity contribution is -0.372. The van der Waals surface area contributed by atoms with Crippen molar-refractivity contribution in [1.82, 2.24) is 4.90 Å². The number of rotatable bonds is 7. The van der Waals surface area contributed by atoms with Gasteiger partial charge in [-0.1, -0.05) is 105 Å². The minimum Gasteiger partial charge on any atom is -0.390 e. The van der Waals surface area contributed by atoms with E-state index in [0.29, 0.717) is 51.2 Å². The zero-order chi connectivity index (χ0) is 40.3. The van der Waals surface area contributed by atoms with Gasteiger partial charge < -0.3 is 43.5 Å². The second kappa shape index (κ2) is 14.2. The molecular formula is C49H59NO9. The van der Waals surface area contributed by atoms with Crippen LogP contribution in [0, 0.1) is 40.9 Å². The zero-order valence-corrected chi connectivity index (χ0v) is 34.4. The van der Waals surface area contributed by atoms with Gasteiger partial charge in [-0.25, -0.2) is 0 Å². The fourth-order valence-electron chi connectivity index (χ4n) is 14.3. The van der Waals surface area contributed by atoms with E-state index in [2.05, 4.69) is 37.8 Å². The van der Waals surface area contributed by atoms with E-state index in [1.807, 2.05) is 78.9 Å². The molecule has 4 saturated heterocycles. The summed E-state index contributed by atoms with van der Waals surface area (Å²) in [7, 11) is 0. The molecule has 59 heavy (non-hydrogen) atoms. The summed E-state index contributed by atoms with van der Waals surface area (Å²) in [6, 6.07) is 30.1. The number of fused-ring (bicyclic) bond motifs is 7. The summed E-state index contributed by atoms with van der Waals surface area (Å²) >= 11 is 0. The molecule has 8 fully saturated rings. The maximum Gasteiger partial charge on any atom is 0.226 e. The van der Waals surface area contributed by atoms with Gasteiger partial charge in [0.25, 0.3) is 0 Å². The Labute approximate surface area is 347 Å². The number of ether oxygens (including phenoxy) is 6. The zero-order valence-electron chi connectivity index (χ0n) is 34.4. The van der Waals surface area contributed by atoms with Crippen LogP contribution in [0.25, 0.3) is 0 Å². The molecule has 0 bridgehead atoms. The summed E-state index contributed by atoms with van der Waals surface area (Å²) in [5.74, 6) is -1.28. The first-order valence-electron chi connectivity index (χ1n) is 22.3. The van der Waals surface area contributed by atoms with E-state index in [-0.39, 0.29) is 42.4 Å². The van der Waals surface area contributed by atoms with Gasteiger partial charge in [-0.3, -0.25) is 4.79 Å². The number of aliphatic hydroxyl groups is 2. The smallest absolute Gasteiger partial charge is 0.226 e. The van der Waals surface area contributed by atoms with Gasteiger partial charge in [0.05, 0.1) is 48.1 Å². The standard InChI is InChI=1S/C49H59NO9/c1-29-19-22-37-47(3)39-38(43(52)50(37)26-29)34-25-48(53)36(21-20-33-40(51)35(23-24-46(33,48)2)55-28-54-27-30-13-7-4-8-14-30)49(34)42(57-45(59-49)32-17-11-6-12-18-32)41(39)56-44(58-47)31-15-9-5-10-16-31/h4-18,29,33-42,44-45,51,53H,19-28H2,1-3H3/t29-,33+,34-,35-,36+,37-,38-,39+,40+,41+,42-,44-,45-,46-,47+,48+,49-/m0/s1. The molecule has 8 aliphatic rings. The van der Waals surface area contributed by atoms with Crippen LogP contribution in [0.4, 0.5) is 0 Å². The Morgan fingerprint density at radius 1 is 0.814 bits per heavy atom. The van der Waals surface area contributed by atoms with E-state index in [0.717, 1.165) is 29.5 Å². The van der Waals surface area contributed by atoms with E-state index in [1.165, 1.54) is 0 Å². The van der Waals surface area contributed by atoms with E-state index < -0.39 is 65.1 Å². The van der Waals surface area contributed by atoms with Gasteiger partial charge >= 0.3 is 0 Å². The Hall–Kier alpha value is -3.19. The van der Waals surface area contributed by atoms with Crippen molar-refractivity contribution in [2.45, 2.75) is 132 Å². The molecule has 2 N–H and O–H groups in total. The fraction of sp³-hybridized carbons (Fsp3) is 0.612. The van der Waals surface area contributed by atoms with Crippen molar-refractivity contribution >= 4 is 5.91 Å². The highest BCUT2D eigenvalue weighted by Crippen LogP contribution is 2.75. The normalized spacial score (nSPS) is 47.0. The molecule has 0 unspecified atom stereocenters. The second-order valence-corrected chi connectivity index (χ2v) is 19.7. The first kappa shape index (κ1) is 38.7. The van der Waals surface area contributed by atoms with Gasteiger partial charge in [0.2, 0.25) is 5.91 Å². The largest absolute Gasteiger partial charge is 0.390 e. The van der Waals surface area contributed by atoms with Gasteiger partial charge in [0, 0.05) is 40.8 Å². The molecule has 17 atom stereocenters. The van der Waals surface area contributed by atoms with Crippen LogP contribution in [0.3, 0.4) is 0 Å². The number of hydrogen-bond donors (Lipinski definition) is 2. The molecule has 3 aromatic carbocycles. The first-order chi connectivity index (χ1) is 28.6. The van der Waals surface area contributed by atoms with Gasteiger partial charge in [-0.2, -0.15) is 0 Å².